The van der Waals surface area contributed by atoms with Gasteiger partial charge in [0.05, 0.1) is 23.2 Å². The number of nitro benzene ring substituents is 1. The van der Waals surface area contributed by atoms with Gasteiger partial charge in [-0.2, -0.15) is 0 Å². The molecule has 0 spiro atoms. The number of fused-ring (bicyclic) bond motifs is 1. The molecule has 8 nitrogen and oxygen atoms in total. The first kappa shape index (κ1) is 16.8. The van der Waals surface area contributed by atoms with E-state index in [0.717, 1.165) is 0 Å². The van der Waals surface area contributed by atoms with Gasteiger partial charge in [0, 0.05) is 18.1 Å². The Labute approximate surface area is 147 Å². The van der Waals surface area contributed by atoms with Crippen molar-refractivity contribution in [3.63, 3.8) is 0 Å². The summed E-state index contributed by atoms with van der Waals surface area (Å²) in [4.78, 5) is 22.8. The van der Waals surface area contributed by atoms with E-state index in [0.29, 0.717) is 31.1 Å². The highest BCUT2D eigenvalue weighted by atomic mass is 35.5. The van der Waals surface area contributed by atoms with Crippen LogP contribution >= 0.6 is 11.6 Å². The number of benzene rings is 2. The van der Waals surface area contributed by atoms with Gasteiger partial charge in [-0.25, -0.2) is 0 Å². The Balaban J connectivity index is 1.77. The maximum absolute atomic E-state index is 12.3. The average molecular weight is 364 g/mol. The second-order valence-corrected chi connectivity index (χ2v) is 5.60. The van der Waals surface area contributed by atoms with Crippen molar-refractivity contribution in [3.05, 3.63) is 57.1 Å². The third-order valence-corrected chi connectivity index (χ3v) is 3.76. The number of anilines is 1. The van der Waals surface area contributed by atoms with Gasteiger partial charge in [-0.1, -0.05) is 23.7 Å². The molecule has 9 heteroatoms. The third kappa shape index (κ3) is 3.74. The zero-order chi connectivity index (χ0) is 17.8. The quantitative estimate of drug-likeness (QED) is 0.639. The minimum absolute atomic E-state index is 0.153. The van der Waals surface area contributed by atoms with Crippen molar-refractivity contribution < 1.29 is 19.2 Å². The number of nitro groups is 1. The number of para-hydroxylation sites is 2. The number of carbonyl (C=O) groups excluding carboxylic acids is 1. The molecule has 0 unspecified atom stereocenters. The van der Waals surface area contributed by atoms with Crippen molar-refractivity contribution in [1.82, 2.24) is 5.43 Å². The third-order valence-electron chi connectivity index (χ3n) is 3.48. The molecule has 0 bridgehead atoms. The van der Waals surface area contributed by atoms with Crippen molar-refractivity contribution in [3.8, 4) is 11.5 Å². The topological polar surface area (TPSA) is 103 Å². The van der Waals surface area contributed by atoms with Crippen molar-refractivity contribution >= 4 is 28.9 Å². The molecule has 0 saturated carbocycles. The zero-order valence-corrected chi connectivity index (χ0v) is 13.7. The predicted molar refractivity (Wildman–Crippen MR) is 91.2 cm³/mol. The molecule has 2 N–H and O–H groups in total. The summed E-state index contributed by atoms with van der Waals surface area (Å²) in [7, 11) is 0. The molecule has 130 valence electrons. The van der Waals surface area contributed by atoms with Gasteiger partial charge in [-0.3, -0.25) is 25.8 Å². The Hall–Kier alpha value is -3.00. The molecule has 1 aliphatic heterocycles. The lowest BCUT2D eigenvalue weighted by molar-refractivity contribution is -0.384. The van der Waals surface area contributed by atoms with Crippen LogP contribution in [-0.2, 0) is 0 Å². The number of nitrogens with zero attached hydrogens (tertiary/aromatic N) is 1. The van der Waals surface area contributed by atoms with Gasteiger partial charge in [0.15, 0.2) is 11.5 Å². The van der Waals surface area contributed by atoms with Gasteiger partial charge in [-0.15, -0.1) is 0 Å². The number of halogens is 1. The Bertz CT molecular complexity index is 827. The minimum Gasteiger partial charge on any atom is -0.489 e. The molecule has 0 fully saturated rings. The molecule has 2 aromatic carbocycles. The van der Waals surface area contributed by atoms with Crippen LogP contribution in [0.5, 0.6) is 11.5 Å². The lowest BCUT2D eigenvalue weighted by Gasteiger charge is -2.12. The second-order valence-electron chi connectivity index (χ2n) is 5.19. The molecule has 0 aliphatic carbocycles. The van der Waals surface area contributed by atoms with Crippen LogP contribution in [0.25, 0.3) is 0 Å². The largest absolute Gasteiger partial charge is 0.489 e. The number of hydrazine groups is 1. The van der Waals surface area contributed by atoms with E-state index in [-0.39, 0.29) is 22.0 Å². The van der Waals surface area contributed by atoms with Crippen LogP contribution in [0.15, 0.2) is 36.4 Å². The van der Waals surface area contributed by atoms with E-state index in [4.69, 9.17) is 21.1 Å². The van der Waals surface area contributed by atoms with E-state index >= 15 is 0 Å². The molecule has 3 rings (SSSR count). The van der Waals surface area contributed by atoms with Crippen molar-refractivity contribution in [1.29, 1.82) is 0 Å². The monoisotopic (exact) mass is 363 g/mol. The molecular weight excluding hydrogens is 350 g/mol. The fourth-order valence-corrected chi connectivity index (χ4v) is 2.56. The van der Waals surface area contributed by atoms with Gasteiger partial charge in [0.1, 0.15) is 5.69 Å². The van der Waals surface area contributed by atoms with Crippen molar-refractivity contribution in [2.75, 3.05) is 18.6 Å². The highest BCUT2D eigenvalue weighted by molar-refractivity contribution is 6.32. The molecule has 2 aromatic rings. The van der Waals surface area contributed by atoms with Crippen molar-refractivity contribution in [2.24, 2.45) is 0 Å². The first-order chi connectivity index (χ1) is 12.1. The Morgan fingerprint density at radius 1 is 1.20 bits per heavy atom. The van der Waals surface area contributed by atoms with Crippen molar-refractivity contribution in [2.45, 2.75) is 6.42 Å². The summed E-state index contributed by atoms with van der Waals surface area (Å²) in [6.45, 7) is 0.945. The van der Waals surface area contributed by atoms with Crippen LogP contribution in [-0.4, -0.2) is 24.0 Å². The first-order valence-corrected chi connectivity index (χ1v) is 7.83. The lowest BCUT2D eigenvalue weighted by atomic mass is 10.2. The molecule has 1 aliphatic rings. The van der Waals surface area contributed by atoms with E-state index in [2.05, 4.69) is 10.9 Å². The van der Waals surface area contributed by atoms with Gasteiger partial charge < -0.3 is 9.47 Å². The van der Waals surface area contributed by atoms with E-state index in [9.17, 15) is 14.9 Å². The van der Waals surface area contributed by atoms with Crippen LogP contribution in [0.2, 0.25) is 5.02 Å². The van der Waals surface area contributed by atoms with Gasteiger partial charge >= 0.3 is 0 Å². The number of carbonyl (C=O) groups is 1. The van der Waals surface area contributed by atoms with Crippen LogP contribution in [0.3, 0.4) is 0 Å². The van der Waals surface area contributed by atoms with E-state index < -0.39 is 10.8 Å². The standard InChI is InChI=1S/C16H14ClN3O5/c17-11-8-10(9-14-15(11)25-7-3-6-24-14)16(21)19-18-12-4-1-2-5-13(12)20(22)23/h1-2,4-5,8-9,18H,3,6-7H2,(H,19,21). The summed E-state index contributed by atoms with van der Waals surface area (Å²) in [5.41, 5.74) is 5.21. The molecule has 0 aromatic heterocycles. The molecule has 1 amide bonds. The highest BCUT2D eigenvalue weighted by Gasteiger charge is 2.19. The van der Waals surface area contributed by atoms with Gasteiger partial charge in [-0.05, 0) is 18.2 Å². The highest BCUT2D eigenvalue weighted by Crippen LogP contribution is 2.38. The molecule has 0 saturated heterocycles. The SMILES string of the molecule is O=C(NNc1ccccc1[N+](=O)[O-])c1cc(Cl)c2c(c1)OCCCO2. The Morgan fingerprint density at radius 2 is 1.96 bits per heavy atom. The second kappa shape index (κ2) is 7.27. The number of ether oxygens (including phenoxy) is 2. The number of amides is 1. The maximum atomic E-state index is 12.3. The van der Waals surface area contributed by atoms with E-state index in [1.165, 1.54) is 30.3 Å². The van der Waals surface area contributed by atoms with Gasteiger partial charge in [0.25, 0.3) is 11.6 Å². The molecule has 25 heavy (non-hydrogen) atoms. The fourth-order valence-electron chi connectivity index (χ4n) is 2.30. The predicted octanol–water partition coefficient (Wildman–Crippen LogP) is 3.17. The minimum atomic E-state index is -0.543. The molecule has 0 atom stereocenters. The summed E-state index contributed by atoms with van der Waals surface area (Å²) in [6.07, 6.45) is 0.714. The zero-order valence-electron chi connectivity index (χ0n) is 13.0. The van der Waals surface area contributed by atoms with Crippen LogP contribution < -0.4 is 20.3 Å². The number of hydrogen-bond acceptors (Lipinski definition) is 6. The Kier molecular flexibility index (Phi) is 4.90. The average Bonchev–Trinajstić information content (AvgIpc) is 2.85. The van der Waals surface area contributed by atoms with E-state index in [1.54, 1.807) is 6.07 Å². The maximum Gasteiger partial charge on any atom is 0.294 e. The summed E-state index contributed by atoms with van der Waals surface area (Å²) in [6, 6.07) is 8.94. The number of hydrogen-bond donors (Lipinski definition) is 2. The molecular formula is C16H14ClN3O5. The summed E-state index contributed by atoms with van der Waals surface area (Å²) in [5.74, 6) is 0.277. The fraction of sp³-hybridized carbons (Fsp3) is 0.188. The smallest absolute Gasteiger partial charge is 0.294 e. The summed E-state index contributed by atoms with van der Waals surface area (Å²) in [5, 5.41) is 11.2. The number of rotatable bonds is 4. The van der Waals surface area contributed by atoms with Crippen LogP contribution in [0, 0.1) is 10.1 Å². The van der Waals surface area contributed by atoms with Gasteiger partial charge in [0.2, 0.25) is 0 Å². The normalized spacial score (nSPS) is 12.8. The van der Waals surface area contributed by atoms with E-state index in [1.807, 2.05) is 0 Å². The first-order valence-electron chi connectivity index (χ1n) is 7.45. The summed E-state index contributed by atoms with van der Waals surface area (Å²) >= 11 is 6.15. The van der Waals surface area contributed by atoms with Crippen LogP contribution in [0.4, 0.5) is 11.4 Å². The van der Waals surface area contributed by atoms with Crippen LogP contribution in [0.1, 0.15) is 16.8 Å². The molecule has 1 heterocycles. The molecule has 0 radical (unpaired) electrons. The number of nitrogens with one attached hydrogen (secondary N) is 2. The lowest BCUT2D eigenvalue weighted by Crippen LogP contribution is -2.29. The Morgan fingerprint density at radius 3 is 2.76 bits per heavy atom. The summed E-state index contributed by atoms with van der Waals surface area (Å²) < 4.78 is 11.0.